The molecule has 1 fully saturated rings. The van der Waals surface area contributed by atoms with E-state index in [1.54, 1.807) is 27.7 Å². The molecule has 7 heteroatoms. The van der Waals surface area contributed by atoms with Crippen LogP contribution in [0.25, 0.3) is 11.1 Å². The van der Waals surface area contributed by atoms with Gasteiger partial charge in [0.1, 0.15) is 12.6 Å². The van der Waals surface area contributed by atoms with Crippen LogP contribution in [0.2, 0.25) is 0 Å². The summed E-state index contributed by atoms with van der Waals surface area (Å²) in [5.41, 5.74) is 2.53. The van der Waals surface area contributed by atoms with Crippen molar-refractivity contribution in [1.29, 1.82) is 0 Å². The lowest BCUT2D eigenvalue weighted by molar-refractivity contribution is -0.154. The predicted molar refractivity (Wildman–Crippen MR) is 128 cm³/mol. The Balaban J connectivity index is 1.44. The van der Waals surface area contributed by atoms with Gasteiger partial charge in [0.15, 0.2) is 0 Å². The maximum absolute atomic E-state index is 13.3. The van der Waals surface area contributed by atoms with Crippen LogP contribution in [0.5, 0.6) is 0 Å². The highest BCUT2D eigenvalue weighted by molar-refractivity contribution is 5.89. The van der Waals surface area contributed by atoms with Crippen molar-refractivity contribution in [1.82, 2.24) is 10.2 Å². The summed E-state index contributed by atoms with van der Waals surface area (Å²) in [5.74, 6) is -1.35. The van der Waals surface area contributed by atoms with Crippen LogP contribution in [0.3, 0.4) is 0 Å². The minimum atomic E-state index is -1.05. The number of carbonyl (C=O) groups excluding carboxylic acids is 2. The minimum Gasteiger partial charge on any atom is -0.480 e. The first-order chi connectivity index (χ1) is 16.0. The van der Waals surface area contributed by atoms with Gasteiger partial charge in [0.2, 0.25) is 5.91 Å². The van der Waals surface area contributed by atoms with Gasteiger partial charge in [-0.3, -0.25) is 4.79 Å². The van der Waals surface area contributed by atoms with Crippen molar-refractivity contribution in [3.63, 3.8) is 0 Å². The second-order valence-electron chi connectivity index (χ2n) is 10.2. The zero-order valence-corrected chi connectivity index (χ0v) is 20.1. The highest BCUT2D eigenvalue weighted by Crippen LogP contribution is 2.44. The first kappa shape index (κ1) is 23.8. The second-order valence-corrected chi connectivity index (χ2v) is 10.2. The number of nitrogens with zero attached hydrogens (tertiary/aromatic N) is 1. The molecule has 0 saturated carbocycles. The molecule has 180 valence electrons. The molecule has 0 spiro atoms. The number of fused-ring (bicyclic) bond motifs is 3. The highest BCUT2D eigenvalue weighted by Gasteiger charge is 2.49. The van der Waals surface area contributed by atoms with Gasteiger partial charge >= 0.3 is 12.1 Å². The first-order valence-electron chi connectivity index (χ1n) is 11.7. The van der Waals surface area contributed by atoms with Gasteiger partial charge in [0, 0.05) is 12.5 Å². The smallest absolute Gasteiger partial charge is 0.407 e. The Morgan fingerprint density at radius 2 is 1.56 bits per heavy atom. The van der Waals surface area contributed by atoms with E-state index >= 15 is 0 Å². The number of rotatable bonds is 6. The fourth-order valence-corrected chi connectivity index (χ4v) is 4.94. The van der Waals surface area contributed by atoms with Crippen molar-refractivity contribution in [2.45, 2.75) is 58.0 Å². The molecule has 7 nitrogen and oxygen atoms in total. The highest BCUT2D eigenvalue weighted by atomic mass is 16.5. The van der Waals surface area contributed by atoms with Crippen molar-refractivity contribution in [3.8, 4) is 11.1 Å². The Hall–Kier alpha value is -3.35. The Labute approximate surface area is 200 Å². The van der Waals surface area contributed by atoms with Crippen molar-refractivity contribution in [3.05, 3.63) is 59.7 Å². The van der Waals surface area contributed by atoms with Crippen LogP contribution >= 0.6 is 0 Å². The summed E-state index contributed by atoms with van der Waals surface area (Å²) in [5, 5.41) is 12.3. The Morgan fingerprint density at radius 3 is 2.12 bits per heavy atom. The number of hydrogen-bond acceptors (Lipinski definition) is 4. The minimum absolute atomic E-state index is 0.0585. The van der Waals surface area contributed by atoms with Gasteiger partial charge < -0.3 is 20.1 Å². The molecule has 4 rings (SSSR count). The predicted octanol–water partition coefficient (Wildman–Crippen LogP) is 4.41. The lowest BCUT2D eigenvalue weighted by Gasteiger charge is -2.43. The summed E-state index contributed by atoms with van der Waals surface area (Å²) in [7, 11) is 0. The van der Waals surface area contributed by atoms with Gasteiger partial charge in [-0.1, -0.05) is 48.5 Å². The average molecular weight is 465 g/mol. The van der Waals surface area contributed by atoms with Crippen molar-refractivity contribution >= 4 is 18.0 Å². The van der Waals surface area contributed by atoms with Crippen LogP contribution < -0.4 is 5.32 Å². The van der Waals surface area contributed by atoms with Crippen LogP contribution in [-0.2, 0) is 14.3 Å². The molecular formula is C27H32N2O5. The third-order valence-corrected chi connectivity index (χ3v) is 7.65. The molecule has 2 aliphatic rings. The van der Waals surface area contributed by atoms with Gasteiger partial charge in [-0.05, 0) is 62.8 Å². The number of carbonyl (C=O) groups is 3. The Bertz CT molecular complexity index is 1080. The van der Waals surface area contributed by atoms with E-state index < -0.39 is 29.1 Å². The SMILES string of the molecule is CC(C)(NC(=O)OCC1c2ccccc2-c2ccccc21)C(C)(C)C(=O)N1CCC[C@H]1C(=O)O. The van der Waals surface area contributed by atoms with E-state index in [9.17, 15) is 19.5 Å². The third kappa shape index (κ3) is 4.04. The average Bonchev–Trinajstić information content (AvgIpc) is 3.40. The van der Waals surface area contributed by atoms with Crippen LogP contribution in [0.1, 0.15) is 57.6 Å². The number of alkyl carbamates (subject to hydrolysis) is 1. The standard InChI is InChI=1S/C27H32N2O5/c1-26(2,24(32)29-15-9-14-22(29)23(30)31)27(3,4)28-25(33)34-16-21-19-12-7-5-10-17(19)18-11-6-8-13-20(18)21/h5-8,10-13,21-22H,9,14-16H2,1-4H3,(H,28,33)(H,30,31)/t22-/m0/s1. The maximum Gasteiger partial charge on any atom is 0.407 e. The molecule has 0 unspecified atom stereocenters. The quantitative estimate of drug-likeness (QED) is 0.660. The number of nitrogens with one attached hydrogen (secondary N) is 1. The summed E-state index contributed by atoms with van der Waals surface area (Å²) in [6.07, 6.45) is 0.486. The van der Waals surface area contributed by atoms with Gasteiger partial charge in [-0.2, -0.15) is 0 Å². The number of hydrogen-bond donors (Lipinski definition) is 2. The molecule has 2 amide bonds. The number of carboxylic acid groups (broad SMARTS) is 1. The normalized spacial score (nSPS) is 17.8. The van der Waals surface area contributed by atoms with Crippen molar-refractivity contribution in [2.75, 3.05) is 13.2 Å². The molecule has 1 aliphatic carbocycles. The molecule has 1 aliphatic heterocycles. The molecule has 2 aromatic carbocycles. The van der Waals surface area contributed by atoms with E-state index in [4.69, 9.17) is 4.74 Å². The monoisotopic (exact) mass is 464 g/mol. The molecule has 1 atom stereocenters. The number of likely N-dealkylation sites (tertiary alicyclic amines) is 1. The van der Waals surface area contributed by atoms with Gasteiger partial charge in [0.25, 0.3) is 0 Å². The van der Waals surface area contributed by atoms with Crippen molar-refractivity contribution < 1.29 is 24.2 Å². The molecule has 0 aromatic heterocycles. The summed E-state index contributed by atoms with van der Waals surface area (Å²) in [6, 6.07) is 15.4. The van der Waals surface area contributed by atoms with E-state index in [0.717, 1.165) is 22.3 Å². The summed E-state index contributed by atoms with van der Waals surface area (Å²) in [4.78, 5) is 39.2. The zero-order chi connectivity index (χ0) is 24.7. The van der Waals surface area contributed by atoms with Crippen LogP contribution in [0.4, 0.5) is 4.79 Å². The number of amides is 2. The lowest BCUT2D eigenvalue weighted by atomic mass is 9.73. The second kappa shape index (κ2) is 8.78. The van der Waals surface area contributed by atoms with Crippen LogP contribution in [0, 0.1) is 5.41 Å². The van der Waals surface area contributed by atoms with Gasteiger partial charge in [-0.15, -0.1) is 0 Å². The summed E-state index contributed by atoms with van der Waals surface area (Å²) >= 11 is 0. The largest absolute Gasteiger partial charge is 0.480 e. The fraction of sp³-hybridized carbons (Fsp3) is 0.444. The summed E-state index contributed by atoms with van der Waals surface area (Å²) in [6.45, 7) is 7.57. The van der Waals surface area contributed by atoms with E-state index in [2.05, 4.69) is 29.6 Å². The molecule has 1 saturated heterocycles. The molecule has 1 heterocycles. The number of benzene rings is 2. The third-order valence-electron chi connectivity index (χ3n) is 7.65. The Morgan fingerprint density at radius 1 is 1.00 bits per heavy atom. The number of ether oxygens (including phenoxy) is 1. The molecule has 0 bridgehead atoms. The fourth-order valence-electron chi connectivity index (χ4n) is 4.94. The summed E-state index contributed by atoms with van der Waals surface area (Å²) < 4.78 is 5.67. The van der Waals surface area contributed by atoms with Crippen LogP contribution in [0.15, 0.2) is 48.5 Å². The zero-order valence-electron chi connectivity index (χ0n) is 20.1. The van der Waals surface area contributed by atoms with E-state index in [0.29, 0.717) is 19.4 Å². The molecule has 0 radical (unpaired) electrons. The van der Waals surface area contributed by atoms with Crippen molar-refractivity contribution in [2.24, 2.45) is 5.41 Å². The van der Waals surface area contributed by atoms with Gasteiger partial charge in [-0.25, -0.2) is 9.59 Å². The molecule has 2 aromatic rings. The lowest BCUT2D eigenvalue weighted by Crippen LogP contribution is -2.61. The van der Waals surface area contributed by atoms with E-state index in [1.807, 2.05) is 24.3 Å². The number of carboxylic acids is 1. The topological polar surface area (TPSA) is 95.9 Å². The van der Waals surface area contributed by atoms with E-state index in [-0.39, 0.29) is 18.4 Å². The molecule has 34 heavy (non-hydrogen) atoms. The number of aliphatic carboxylic acids is 1. The maximum atomic E-state index is 13.3. The first-order valence-corrected chi connectivity index (χ1v) is 11.7. The molecular weight excluding hydrogens is 432 g/mol. The Kier molecular flexibility index (Phi) is 6.14. The van der Waals surface area contributed by atoms with E-state index in [1.165, 1.54) is 4.90 Å². The van der Waals surface area contributed by atoms with Crippen LogP contribution in [-0.4, -0.2) is 52.7 Å². The molecule has 2 N–H and O–H groups in total. The van der Waals surface area contributed by atoms with Gasteiger partial charge in [0.05, 0.1) is 11.0 Å².